The van der Waals surface area contributed by atoms with Crippen LogP contribution in [0, 0.1) is 17.8 Å². The molecule has 2 unspecified atom stereocenters. The molecule has 0 aromatic rings. The minimum atomic E-state index is -1.94. The van der Waals surface area contributed by atoms with Gasteiger partial charge < -0.3 is 25.2 Å². The molecule has 0 bridgehead atoms. The highest BCUT2D eigenvalue weighted by Crippen LogP contribution is 2.22. The molecule has 0 amide bonds. The van der Waals surface area contributed by atoms with Gasteiger partial charge in [-0.15, -0.1) is 0 Å². The van der Waals surface area contributed by atoms with Crippen LogP contribution in [0.1, 0.15) is 92.4 Å². The van der Waals surface area contributed by atoms with E-state index in [1.165, 1.54) is 44.6 Å². The van der Waals surface area contributed by atoms with Gasteiger partial charge in [-0.2, -0.15) is 0 Å². The zero-order chi connectivity index (χ0) is 25.4. The zero-order valence-electron chi connectivity index (χ0n) is 21.3. The van der Waals surface area contributed by atoms with E-state index in [2.05, 4.69) is 27.7 Å². The second-order valence-electron chi connectivity index (χ2n) is 10.1. The second-order valence-corrected chi connectivity index (χ2v) is 10.1. The number of carbonyl (C=O) groups excluding carboxylic acids is 2. The number of hydrogen-bond donors (Lipinski definition) is 4. The standard InChI is InChI=1S/C26H48O7/c1-18(2)9-6-10-19(3)11-7-12-20(4)13-8-14-21(5)15-24(30)33-17-23(29)26(32)25(31)22(28)16-27/h15,18-20,22,25-28,31-32H,6-14,16-17H2,1-5H3/b21-15+/t19?,20?,22-,25+,26+/m1/s1. The van der Waals surface area contributed by atoms with E-state index in [0.717, 1.165) is 36.7 Å². The van der Waals surface area contributed by atoms with Crippen LogP contribution in [0.15, 0.2) is 11.6 Å². The van der Waals surface area contributed by atoms with Crippen molar-refractivity contribution in [3.63, 3.8) is 0 Å². The average Bonchev–Trinajstić information content (AvgIpc) is 2.75. The average molecular weight is 473 g/mol. The molecule has 0 fully saturated rings. The normalized spacial score (nSPS) is 16.8. The molecule has 0 saturated carbocycles. The number of aliphatic hydroxyl groups excluding tert-OH is 4. The summed E-state index contributed by atoms with van der Waals surface area (Å²) >= 11 is 0. The molecule has 7 heteroatoms. The van der Waals surface area contributed by atoms with Gasteiger partial charge in [-0.1, -0.05) is 78.2 Å². The SMILES string of the molecule is C/C(=C\C(=O)OCC(=O)[C@H](O)[C@@H](O)[C@H](O)CO)CCCC(C)CCCC(C)CCCC(C)C. The number of aliphatic hydroxyl groups is 4. The molecule has 0 aliphatic carbocycles. The lowest BCUT2D eigenvalue weighted by atomic mass is 9.91. The number of ketones is 1. The third-order valence-corrected chi connectivity index (χ3v) is 6.10. The van der Waals surface area contributed by atoms with Crippen molar-refractivity contribution >= 4 is 11.8 Å². The molecule has 0 heterocycles. The van der Waals surface area contributed by atoms with Crippen LogP contribution in [0.5, 0.6) is 0 Å². The Balaban J connectivity index is 4.06. The van der Waals surface area contributed by atoms with E-state index in [9.17, 15) is 24.9 Å². The molecular formula is C26H48O7. The first-order valence-corrected chi connectivity index (χ1v) is 12.5. The van der Waals surface area contributed by atoms with E-state index < -0.39 is 43.3 Å². The minimum Gasteiger partial charge on any atom is -0.454 e. The van der Waals surface area contributed by atoms with Gasteiger partial charge in [0.05, 0.1) is 6.61 Å². The van der Waals surface area contributed by atoms with Crippen molar-refractivity contribution in [2.75, 3.05) is 13.2 Å². The summed E-state index contributed by atoms with van der Waals surface area (Å²) < 4.78 is 4.82. The topological polar surface area (TPSA) is 124 Å². The number of ether oxygens (including phenoxy) is 1. The first kappa shape index (κ1) is 31.7. The van der Waals surface area contributed by atoms with Crippen LogP contribution in [-0.2, 0) is 14.3 Å². The van der Waals surface area contributed by atoms with Crippen molar-refractivity contribution in [3.8, 4) is 0 Å². The van der Waals surface area contributed by atoms with Gasteiger partial charge in [0.15, 0.2) is 6.61 Å². The van der Waals surface area contributed by atoms with Crippen LogP contribution in [0.25, 0.3) is 0 Å². The molecule has 0 radical (unpaired) electrons. The van der Waals surface area contributed by atoms with Crippen molar-refractivity contribution in [2.45, 2.75) is 111 Å². The highest BCUT2D eigenvalue weighted by atomic mass is 16.5. The first-order chi connectivity index (χ1) is 15.5. The summed E-state index contributed by atoms with van der Waals surface area (Å²) in [5, 5.41) is 37.1. The van der Waals surface area contributed by atoms with Crippen LogP contribution >= 0.6 is 0 Å². The molecule has 4 N–H and O–H groups in total. The van der Waals surface area contributed by atoms with Gasteiger partial charge in [0.25, 0.3) is 0 Å². The Hall–Kier alpha value is -1.28. The van der Waals surface area contributed by atoms with E-state index in [1.54, 1.807) is 0 Å². The summed E-state index contributed by atoms with van der Waals surface area (Å²) in [6.07, 6.45) is 6.48. The van der Waals surface area contributed by atoms with E-state index >= 15 is 0 Å². The lowest BCUT2D eigenvalue weighted by Gasteiger charge is -2.20. The Morgan fingerprint density at radius 3 is 1.88 bits per heavy atom. The molecule has 7 nitrogen and oxygen atoms in total. The highest BCUT2D eigenvalue weighted by molar-refractivity contribution is 5.89. The van der Waals surface area contributed by atoms with Crippen molar-refractivity contribution in [1.29, 1.82) is 0 Å². The Labute approximate surface area is 200 Å². The van der Waals surface area contributed by atoms with E-state index in [4.69, 9.17) is 9.84 Å². The lowest BCUT2D eigenvalue weighted by molar-refractivity contribution is -0.152. The van der Waals surface area contributed by atoms with Gasteiger partial charge >= 0.3 is 5.97 Å². The second kappa shape index (κ2) is 18.1. The maximum atomic E-state index is 11.9. The van der Waals surface area contributed by atoms with Gasteiger partial charge in [-0.05, 0) is 37.5 Å². The largest absolute Gasteiger partial charge is 0.454 e. The van der Waals surface area contributed by atoms with Gasteiger partial charge in [-0.25, -0.2) is 4.79 Å². The van der Waals surface area contributed by atoms with E-state index in [-0.39, 0.29) is 0 Å². The van der Waals surface area contributed by atoms with Crippen LogP contribution in [0.4, 0.5) is 0 Å². The van der Waals surface area contributed by atoms with Crippen LogP contribution in [0.2, 0.25) is 0 Å². The molecule has 0 saturated heterocycles. The van der Waals surface area contributed by atoms with Gasteiger partial charge in [0, 0.05) is 6.08 Å². The van der Waals surface area contributed by atoms with Crippen LogP contribution in [0.3, 0.4) is 0 Å². The molecule has 0 aromatic heterocycles. The number of hydrogen-bond acceptors (Lipinski definition) is 7. The molecule has 0 aliphatic rings. The first-order valence-electron chi connectivity index (χ1n) is 12.5. The molecule has 33 heavy (non-hydrogen) atoms. The van der Waals surface area contributed by atoms with Crippen molar-refractivity contribution in [1.82, 2.24) is 0 Å². The Bertz CT molecular complexity index is 573. The van der Waals surface area contributed by atoms with Gasteiger partial charge in [-0.3, -0.25) is 4.79 Å². The predicted molar refractivity (Wildman–Crippen MR) is 130 cm³/mol. The minimum absolute atomic E-state index is 0.646. The summed E-state index contributed by atoms with van der Waals surface area (Å²) in [6, 6.07) is 0. The summed E-state index contributed by atoms with van der Waals surface area (Å²) in [6.45, 7) is 9.50. The van der Waals surface area contributed by atoms with E-state index in [0.29, 0.717) is 5.92 Å². The summed E-state index contributed by atoms with van der Waals surface area (Å²) in [7, 11) is 0. The number of esters is 1. The highest BCUT2D eigenvalue weighted by Gasteiger charge is 2.30. The fraction of sp³-hybridized carbons (Fsp3) is 0.846. The Kier molecular flexibility index (Phi) is 17.4. The molecule has 194 valence electrons. The van der Waals surface area contributed by atoms with Crippen LogP contribution < -0.4 is 0 Å². The molecule has 0 aromatic carbocycles. The van der Waals surface area contributed by atoms with E-state index in [1.807, 2.05) is 6.92 Å². The van der Waals surface area contributed by atoms with Crippen molar-refractivity contribution in [3.05, 3.63) is 11.6 Å². The Morgan fingerprint density at radius 1 is 0.848 bits per heavy atom. The molecule has 5 atom stereocenters. The molecular weight excluding hydrogens is 424 g/mol. The molecule has 0 spiro atoms. The summed E-state index contributed by atoms with van der Waals surface area (Å²) in [4.78, 5) is 23.6. The van der Waals surface area contributed by atoms with Gasteiger partial charge in [0.1, 0.15) is 18.3 Å². The fourth-order valence-corrected chi connectivity index (χ4v) is 3.76. The third kappa shape index (κ3) is 16.1. The number of rotatable bonds is 19. The quantitative estimate of drug-likeness (QED) is 0.167. The molecule has 0 rings (SSSR count). The fourth-order valence-electron chi connectivity index (χ4n) is 3.76. The smallest absolute Gasteiger partial charge is 0.331 e. The van der Waals surface area contributed by atoms with Crippen LogP contribution in [-0.4, -0.2) is 63.7 Å². The maximum absolute atomic E-state index is 11.9. The summed E-state index contributed by atoms with van der Waals surface area (Å²) in [5.74, 6) is 0.594. The maximum Gasteiger partial charge on any atom is 0.331 e. The number of allylic oxidation sites excluding steroid dienone is 1. The number of carbonyl (C=O) groups is 2. The summed E-state index contributed by atoms with van der Waals surface area (Å²) in [5.41, 5.74) is 0.856. The zero-order valence-corrected chi connectivity index (χ0v) is 21.3. The number of Topliss-reactive ketones (excluding diaryl/α,β-unsaturated/α-hetero) is 1. The van der Waals surface area contributed by atoms with Crippen molar-refractivity contribution < 1.29 is 34.8 Å². The lowest BCUT2D eigenvalue weighted by Crippen LogP contribution is -2.45. The van der Waals surface area contributed by atoms with Gasteiger partial charge in [0.2, 0.25) is 5.78 Å². The monoisotopic (exact) mass is 472 g/mol. The van der Waals surface area contributed by atoms with Crippen molar-refractivity contribution in [2.24, 2.45) is 17.8 Å². The molecule has 0 aliphatic heterocycles. The predicted octanol–water partition coefficient (Wildman–Crippen LogP) is 3.56. The Morgan fingerprint density at radius 2 is 1.36 bits per heavy atom. The third-order valence-electron chi connectivity index (χ3n) is 6.10.